The molecule has 1 aliphatic carbocycles. The maximum absolute atomic E-state index is 5.81. The molecule has 0 radical (unpaired) electrons. The lowest BCUT2D eigenvalue weighted by atomic mass is 10.2. The fourth-order valence-electron chi connectivity index (χ4n) is 2.36. The Kier molecular flexibility index (Phi) is 2.80. The third kappa shape index (κ3) is 2.45. The van der Waals surface area contributed by atoms with Crippen molar-refractivity contribution in [3.05, 3.63) is 11.5 Å². The molecule has 3 rings (SSSR count). The van der Waals surface area contributed by atoms with E-state index in [0.717, 1.165) is 19.0 Å². The van der Waals surface area contributed by atoms with E-state index in [0.29, 0.717) is 17.5 Å². The van der Waals surface area contributed by atoms with Gasteiger partial charge in [0.25, 0.3) is 0 Å². The Balaban J connectivity index is 1.64. The van der Waals surface area contributed by atoms with Gasteiger partial charge >= 0.3 is 0 Å². The van der Waals surface area contributed by atoms with E-state index in [1.54, 1.807) is 6.20 Å². The number of rotatable bonds is 3. The molecule has 2 aliphatic rings. The molecule has 0 amide bonds. The molecule has 0 aromatic carbocycles. The average molecular weight is 254 g/mol. The predicted molar refractivity (Wildman–Crippen MR) is 68.1 cm³/mol. The molecule has 1 unspecified atom stereocenters. The van der Waals surface area contributed by atoms with Gasteiger partial charge in [-0.15, -0.1) is 0 Å². The first kappa shape index (κ1) is 11.0. The highest BCUT2D eigenvalue weighted by Crippen LogP contribution is 2.30. The quantitative estimate of drug-likeness (QED) is 0.797. The molecular weight excluding hydrogens is 238 g/mol. The number of halogens is 1. The zero-order valence-corrected chi connectivity index (χ0v) is 10.3. The first-order chi connectivity index (χ1) is 8.22. The van der Waals surface area contributed by atoms with Crippen LogP contribution >= 0.6 is 11.6 Å². The van der Waals surface area contributed by atoms with Gasteiger partial charge < -0.3 is 11.1 Å². The Bertz CT molecular complexity index is 420. The number of hydrogen-bond donors (Lipinski definition) is 2. The summed E-state index contributed by atoms with van der Waals surface area (Å²) in [7, 11) is 0. The van der Waals surface area contributed by atoms with Gasteiger partial charge in [-0.2, -0.15) is 4.98 Å². The summed E-state index contributed by atoms with van der Waals surface area (Å²) in [5.74, 6) is 0.660. The van der Waals surface area contributed by atoms with Crippen LogP contribution in [0.5, 0.6) is 0 Å². The van der Waals surface area contributed by atoms with Crippen LogP contribution in [0.4, 0.5) is 11.5 Å². The van der Waals surface area contributed by atoms with Crippen molar-refractivity contribution < 1.29 is 0 Å². The van der Waals surface area contributed by atoms with E-state index in [2.05, 4.69) is 20.2 Å². The Labute approximate surface area is 105 Å². The minimum Gasteiger partial charge on any atom is -0.394 e. The maximum atomic E-state index is 5.81. The molecule has 1 aliphatic heterocycles. The molecule has 1 aromatic heterocycles. The highest BCUT2D eigenvalue weighted by molar-refractivity contribution is 6.28. The SMILES string of the molecule is Nc1cnc(Cl)nc1NC1CCN(C2CC2)C1. The summed E-state index contributed by atoms with van der Waals surface area (Å²) in [5, 5.41) is 3.60. The van der Waals surface area contributed by atoms with Crippen LogP contribution in [0.2, 0.25) is 5.28 Å². The van der Waals surface area contributed by atoms with Crippen molar-refractivity contribution in [1.82, 2.24) is 14.9 Å². The van der Waals surface area contributed by atoms with Gasteiger partial charge in [0, 0.05) is 25.2 Å². The van der Waals surface area contributed by atoms with E-state index >= 15 is 0 Å². The Morgan fingerprint density at radius 1 is 1.41 bits per heavy atom. The van der Waals surface area contributed by atoms with Crippen molar-refractivity contribution >= 4 is 23.1 Å². The number of anilines is 2. The summed E-state index contributed by atoms with van der Waals surface area (Å²) in [5.41, 5.74) is 6.37. The van der Waals surface area contributed by atoms with Gasteiger partial charge in [-0.25, -0.2) is 4.98 Å². The summed E-state index contributed by atoms with van der Waals surface area (Å²) in [4.78, 5) is 10.5. The van der Waals surface area contributed by atoms with Gasteiger partial charge in [-0.1, -0.05) is 0 Å². The number of hydrogen-bond acceptors (Lipinski definition) is 5. The minimum atomic E-state index is 0.235. The second kappa shape index (κ2) is 4.31. The number of aromatic nitrogens is 2. The molecule has 1 saturated heterocycles. The fourth-order valence-corrected chi connectivity index (χ4v) is 2.49. The van der Waals surface area contributed by atoms with Crippen molar-refractivity contribution in [2.75, 3.05) is 24.1 Å². The van der Waals surface area contributed by atoms with Crippen LogP contribution in [-0.2, 0) is 0 Å². The molecule has 0 bridgehead atoms. The van der Waals surface area contributed by atoms with Crippen LogP contribution in [0.15, 0.2) is 6.20 Å². The zero-order chi connectivity index (χ0) is 11.8. The fraction of sp³-hybridized carbons (Fsp3) is 0.636. The lowest BCUT2D eigenvalue weighted by Gasteiger charge is -2.16. The lowest BCUT2D eigenvalue weighted by molar-refractivity contribution is 0.326. The monoisotopic (exact) mass is 253 g/mol. The highest BCUT2D eigenvalue weighted by atomic mass is 35.5. The van der Waals surface area contributed by atoms with Crippen molar-refractivity contribution in [2.45, 2.75) is 31.3 Å². The number of nitrogen functional groups attached to an aromatic ring is 1. The van der Waals surface area contributed by atoms with E-state index in [1.807, 2.05) is 0 Å². The van der Waals surface area contributed by atoms with Gasteiger partial charge in [0.1, 0.15) is 0 Å². The average Bonchev–Trinajstić information content (AvgIpc) is 3.05. The molecule has 2 heterocycles. The normalized spacial score (nSPS) is 25.1. The first-order valence-corrected chi connectivity index (χ1v) is 6.39. The molecular formula is C11H16ClN5. The Morgan fingerprint density at radius 3 is 3.00 bits per heavy atom. The van der Waals surface area contributed by atoms with E-state index < -0.39 is 0 Å². The second-order valence-corrected chi connectivity index (χ2v) is 5.14. The molecule has 5 nitrogen and oxygen atoms in total. The van der Waals surface area contributed by atoms with Crippen LogP contribution < -0.4 is 11.1 Å². The van der Waals surface area contributed by atoms with Crippen molar-refractivity contribution in [3.8, 4) is 0 Å². The predicted octanol–water partition coefficient (Wildman–Crippen LogP) is 1.36. The summed E-state index contributed by atoms with van der Waals surface area (Å²) in [6, 6.07) is 1.25. The van der Waals surface area contributed by atoms with Gasteiger partial charge in [-0.3, -0.25) is 4.90 Å². The Morgan fingerprint density at radius 2 is 2.24 bits per heavy atom. The molecule has 2 fully saturated rings. The molecule has 17 heavy (non-hydrogen) atoms. The number of nitrogens with two attached hydrogens (primary N) is 1. The maximum Gasteiger partial charge on any atom is 0.224 e. The van der Waals surface area contributed by atoms with Crippen LogP contribution in [0.3, 0.4) is 0 Å². The van der Waals surface area contributed by atoms with E-state index in [4.69, 9.17) is 17.3 Å². The third-order valence-corrected chi connectivity index (χ3v) is 3.59. The van der Waals surface area contributed by atoms with Crippen LogP contribution in [0.25, 0.3) is 0 Å². The van der Waals surface area contributed by atoms with E-state index in [9.17, 15) is 0 Å². The summed E-state index contributed by atoms with van der Waals surface area (Å²) < 4.78 is 0. The number of nitrogens with one attached hydrogen (secondary N) is 1. The van der Waals surface area contributed by atoms with E-state index in [-0.39, 0.29) is 5.28 Å². The molecule has 0 spiro atoms. The number of likely N-dealkylation sites (tertiary alicyclic amines) is 1. The third-order valence-electron chi connectivity index (χ3n) is 3.41. The highest BCUT2D eigenvalue weighted by Gasteiger charge is 2.34. The second-order valence-electron chi connectivity index (χ2n) is 4.80. The Hall–Kier alpha value is -1.07. The van der Waals surface area contributed by atoms with Gasteiger partial charge in [0.05, 0.1) is 11.9 Å². The van der Waals surface area contributed by atoms with Gasteiger partial charge in [0.2, 0.25) is 5.28 Å². The summed E-state index contributed by atoms with van der Waals surface area (Å²) >= 11 is 5.76. The zero-order valence-electron chi connectivity index (χ0n) is 9.56. The molecule has 3 N–H and O–H groups in total. The topological polar surface area (TPSA) is 67.1 Å². The van der Waals surface area contributed by atoms with Crippen molar-refractivity contribution in [1.29, 1.82) is 0 Å². The smallest absolute Gasteiger partial charge is 0.224 e. The molecule has 1 atom stereocenters. The lowest BCUT2D eigenvalue weighted by Crippen LogP contribution is -2.28. The molecule has 92 valence electrons. The molecule has 1 saturated carbocycles. The number of nitrogens with zero attached hydrogens (tertiary/aromatic N) is 3. The molecule has 1 aromatic rings. The van der Waals surface area contributed by atoms with Gasteiger partial charge in [-0.05, 0) is 30.9 Å². The van der Waals surface area contributed by atoms with Gasteiger partial charge in [0.15, 0.2) is 5.82 Å². The summed E-state index contributed by atoms with van der Waals surface area (Å²) in [6.45, 7) is 2.24. The summed E-state index contributed by atoms with van der Waals surface area (Å²) in [6.07, 6.45) is 5.39. The van der Waals surface area contributed by atoms with Crippen molar-refractivity contribution in [3.63, 3.8) is 0 Å². The van der Waals surface area contributed by atoms with Crippen LogP contribution in [0.1, 0.15) is 19.3 Å². The van der Waals surface area contributed by atoms with Crippen LogP contribution in [-0.4, -0.2) is 40.0 Å². The first-order valence-electron chi connectivity index (χ1n) is 6.01. The van der Waals surface area contributed by atoms with Crippen LogP contribution in [0, 0.1) is 0 Å². The minimum absolute atomic E-state index is 0.235. The van der Waals surface area contributed by atoms with Crippen molar-refractivity contribution in [2.24, 2.45) is 0 Å². The van der Waals surface area contributed by atoms with E-state index in [1.165, 1.54) is 19.4 Å². The largest absolute Gasteiger partial charge is 0.394 e. The standard InChI is InChI=1S/C11H16ClN5/c12-11-14-5-9(13)10(16-11)15-7-3-4-17(6-7)8-1-2-8/h5,7-8H,1-4,6,13H2,(H,14,15,16). The molecule has 6 heteroatoms.